The molecule has 0 radical (unpaired) electrons. The molecular formula is C14H13Cl2NO2. The number of halogens is 2. The van der Waals surface area contributed by atoms with Crippen molar-refractivity contribution in [3.63, 3.8) is 0 Å². The number of rotatable bonds is 2. The van der Waals surface area contributed by atoms with Gasteiger partial charge in [0.2, 0.25) is 0 Å². The summed E-state index contributed by atoms with van der Waals surface area (Å²) < 4.78 is 4.79. The summed E-state index contributed by atoms with van der Waals surface area (Å²) >= 11 is 12.3. The molecule has 0 aliphatic heterocycles. The van der Waals surface area contributed by atoms with Gasteiger partial charge in [-0.15, -0.1) is 0 Å². The second kappa shape index (κ2) is 5.35. The number of carbonyl (C=O) groups excluding carboxylic acids is 1. The molecule has 0 saturated carbocycles. The Morgan fingerprint density at radius 3 is 2.58 bits per heavy atom. The molecule has 0 aliphatic rings. The molecule has 3 nitrogen and oxygen atoms in total. The Kier molecular flexibility index (Phi) is 3.97. The van der Waals surface area contributed by atoms with Crippen molar-refractivity contribution in [2.24, 2.45) is 0 Å². The number of hydrogen-bond acceptors (Lipinski definition) is 3. The number of aromatic nitrogens is 1. The molecule has 1 aromatic heterocycles. The Hall–Kier alpha value is -1.32. The Labute approximate surface area is 121 Å². The van der Waals surface area contributed by atoms with E-state index in [0.29, 0.717) is 32.2 Å². The molecule has 19 heavy (non-hydrogen) atoms. The van der Waals surface area contributed by atoms with Crippen molar-refractivity contribution in [2.75, 3.05) is 7.11 Å². The third-order valence-electron chi connectivity index (χ3n) is 2.85. The number of esters is 1. The summed E-state index contributed by atoms with van der Waals surface area (Å²) in [5, 5.41) is 1.53. The maximum absolute atomic E-state index is 11.9. The molecule has 0 N–H and O–H groups in total. The standard InChI is InChI=1S/C14H13Cl2NO2/c1-7(2)13-11(14(18)19-3)12(16)9-6-8(15)4-5-10(9)17-13/h4-7H,1-3H3. The van der Waals surface area contributed by atoms with Crippen LogP contribution in [0.25, 0.3) is 10.9 Å². The first kappa shape index (κ1) is 14.1. The first-order chi connectivity index (χ1) is 8.95. The fourth-order valence-electron chi connectivity index (χ4n) is 1.93. The van der Waals surface area contributed by atoms with Gasteiger partial charge in [-0.25, -0.2) is 4.79 Å². The third kappa shape index (κ3) is 2.53. The molecule has 0 atom stereocenters. The summed E-state index contributed by atoms with van der Waals surface area (Å²) in [6.45, 7) is 3.90. The van der Waals surface area contributed by atoms with E-state index in [1.807, 2.05) is 13.8 Å². The van der Waals surface area contributed by atoms with Gasteiger partial charge in [-0.05, 0) is 24.1 Å². The molecule has 0 unspecified atom stereocenters. The molecule has 2 rings (SSSR count). The van der Waals surface area contributed by atoms with Crippen molar-refractivity contribution in [2.45, 2.75) is 19.8 Å². The predicted octanol–water partition coefficient (Wildman–Crippen LogP) is 4.45. The number of methoxy groups -OCH3 is 1. The highest BCUT2D eigenvalue weighted by Crippen LogP contribution is 2.33. The molecule has 2 aromatic rings. The van der Waals surface area contributed by atoms with Crippen LogP contribution in [0, 0.1) is 0 Å². The van der Waals surface area contributed by atoms with Gasteiger partial charge in [0.15, 0.2) is 0 Å². The van der Waals surface area contributed by atoms with Crippen LogP contribution in [0.5, 0.6) is 0 Å². The largest absolute Gasteiger partial charge is 0.465 e. The molecule has 0 bridgehead atoms. The van der Waals surface area contributed by atoms with Gasteiger partial charge in [-0.3, -0.25) is 4.98 Å². The lowest BCUT2D eigenvalue weighted by atomic mass is 10.0. The number of pyridine rings is 1. The zero-order valence-corrected chi connectivity index (χ0v) is 12.3. The van der Waals surface area contributed by atoms with Crippen LogP contribution in [0.4, 0.5) is 0 Å². The van der Waals surface area contributed by atoms with Crippen molar-refractivity contribution < 1.29 is 9.53 Å². The van der Waals surface area contributed by atoms with Crippen molar-refractivity contribution in [3.05, 3.63) is 39.5 Å². The van der Waals surface area contributed by atoms with Gasteiger partial charge in [-0.1, -0.05) is 37.0 Å². The van der Waals surface area contributed by atoms with Crippen LogP contribution in [-0.4, -0.2) is 18.1 Å². The van der Waals surface area contributed by atoms with E-state index < -0.39 is 5.97 Å². The summed E-state index contributed by atoms with van der Waals surface area (Å²) in [6.07, 6.45) is 0. The highest BCUT2D eigenvalue weighted by Gasteiger charge is 2.22. The first-order valence-electron chi connectivity index (χ1n) is 5.82. The lowest BCUT2D eigenvalue weighted by molar-refractivity contribution is 0.0599. The summed E-state index contributed by atoms with van der Waals surface area (Å²) in [7, 11) is 1.32. The van der Waals surface area contributed by atoms with Gasteiger partial charge in [0.1, 0.15) is 5.56 Å². The molecule has 0 spiro atoms. The Morgan fingerprint density at radius 1 is 1.32 bits per heavy atom. The quantitative estimate of drug-likeness (QED) is 0.769. The zero-order valence-electron chi connectivity index (χ0n) is 10.8. The van der Waals surface area contributed by atoms with Gasteiger partial charge < -0.3 is 4.74 Å². The van der Waals surface area contributed by atoms with Gasteiger partial charge >= 0.3 is 5.97 Å². The zero-order chi connectivity index (χ0) is 14.2. The van der Waals surface area contributed by atoms with Crippen LogP contribution in [0.15, 0.2) is 18.2 Å². The molecule has 0 saturated heterocycles. The normalized spacial score (nSPS) is 11.1. The van der Waals surface area contributed by atoms with E-state index in [1.165, 1.54) is 7.11 Å². The second-order valence-electron chi connectivity index (χ2n) is 4.49. The Bertz CT molecular complexity index is 653. The smallest absolute Gasteiger partial charge is 0.341 e. The van der Waals surface area contributed by atoms with Gasteiger partial charge in [0, 0.05) is 10.4 Å². The minimum Gasteiger partial charge on any atom is -0.465 e. The second-order valence-corrected chi connectivity index (χ2v) is 5.31. The Balaban J connectivity index is 2.86. The minimum atomic E-state index is -0.483. The van der Waals surface area contributed by atoms with E-state index >= 15 is 0 Å². The maximum atomic E-state index is 11.9. The number of fused-ring (bicyclic) bond motifs is 1. The van der Waals surface area contributed by atoms with Crippen LogP contribution in [-0.2, 0) is 4.74 Å². The predicted molar refractivity (Wildman–Crippen MR) is 77.2 cm³/mol. The Morgan fingerprint density at radius 2 is 2.00 bits per heavy atom. The average Bonchev–Trinajstić information content (AvgIpc) is 2.38. The molecule has 5 heteroatoms. The molecule has 1 heterocycles. The van der Waals surface area contributed by atoms with Crippen LogP contribution in [0.1, 0.15) is 35.8 Å². The van der Waals surface area contributed by atoms with Crippen LogP contribution in [0.2, 0.25) is 10.0 Å². The van der Waals surface area contributed by atoms with Crippen LogP contribution in [0.3, 0.4) is 0 Å². The van der Waals surface area contributed by atoms with Crippen molar-refractivity contribution >= 4 is 40.1 Å². The molecule has 1 aromatic carbocycles. The van der Waals surface area contributed by atoms with Crippen molar-refractivity contribution in [1.82, 2.24) is 4.98 Å². The van der Waals surface area contributed by atoms with Gasteiger partial charge in [-0.2, -0.15) is 0 Å². The monoisotopic (exact) mass is 297 g/mol. The summed E-state index contributed by atoms with van der Waals surface area (Å²) in [5.74, 6) is -0.422. The van der Waals surface area contributed by atoms with E-state index in [0.717, 1.165) is 0 Å². The summed E-state index contributed by atoms with van der Waals surface area (Å²) in [4.78, 5) is 16.4. The van der Waals surface area contributed by atoms with E-state index in [9.17, 15) is 4.79 Å². The lowest BCUT2D eigenvalue weighted by Crippen LogP contribution is -2.10. The number of benzene rings is 1. The molecule has 0 aliphatic carbocycles. The number of nitrogens with zero attached hydrogens (tertiary/aromatic N) is 1. The first-order valence-corrected chi connectivity index (χ1v) is 6.58. The SMILES string of the molecule is COC(=O)c1c(C(C)C)nc2ccc(Cl)cc2c1Cl. The topological polar surface area (TPSA) is 39.2 Å². The fourth-order valence-corrected chi connectivity index (χ4v) is 2.43. The van der Waals surface area contributed by atoms with Gasteiger partial charge in [0.05, 0.1) is 23.3 Å². The number of hydrogen-bond donors (Lipinski definition) is 0. The van der Waals surface area contributed by atoms with Crippen LogP contribution >= 0.6 is 23.2 Å². The van der Waals surface area contributed by atoms with Crippen molar-refractivity contribution in [1.29, 1.82) is 0 Å². The molecule has 0 fully saturated rings. The number of carbonyl (C=O) groups is 1. The summed E-state index contributed by atoms with van der Waals surface area (Å²) in [5.41, 5.74) is 1.66. The number of ether oxygens (including phenoxy) is 1. The molecular weight excluding hydrogens is 285 g/mol. The fraction of sp³-hybridized carbons (Fsp3) is 0.286. The van der Waals surface area contributed by atoms with E-state index in [-0.39, 0.29) is 5.92 Å². The minimum absolute atomic E-state index is 0.0617. The highest BCUT2D eigenvalue weighted by atomic mass is 35.5. The maximum Gasteiger partial charge on any atom is 0.341 e. The average molecular weight is 298 g/mol. The van der Waals surface area contributed by atoms with E-state index in [4.69, 9.17) is 27.9 Å². The van der Waals surface area contributed by atoms with Crippen LogP contribution < -0.4 is 0 Å². The molecule has 0 amide bonds. The third-order valence-corrected chi connectivity index (χ3v) is 3.48. The lowest BCUT2D eigenvalue weighted by Gasteiger charge is -2.14. The van der Waals surface area contributed by atoms with E-state index in [2.05, 4.69) is 4.98 Å². The highest BCUT2D eigenvalue weighted by molar-refractivity contribution is 6.39. The summed E-state index contributed by atoms with van der Waals surface area (Å²) in [6, 6.07) is 5.23. The van der Waals surface area contributed by atoms with E-state index in [1.54, 1.807) is 18.2 Å². The molecule has 100 valence electrons. The van der Waals surface area contributed by atoms with Gasteiger partial charge in [0.25, 0.3) is 0 Å². The van der Waals surface area contributed by atoms with Crippen molar-refractivity contribution in [3.8, 4) is 0 Å².